The van der Waals surface area contributed by atoms with Crippen molar-refractivity contribution < 1.29 is 19.4 Å². The van der Waals surface area contributed by atoms with Crippen LogP contribution in [0.25, 0.3) is 0 Å². The van der Waals surface area contributed by atoms with Crippen LogP contribution >= 0.6 is 0 Å². The highest BCUT2D eigenvalue weighted by Gasteiger charge is 2.11. The molecule has 5 nitrogen and oxygen atoms in total. The molecule has 110 valence electrons. The zero-order valence-corrected chi connectivity index (χ0v) is 11.7. The van der Waals surface area contributed by atoms with Gasteiger partial charge >= 0.3 is 5.97 Å². The van der Waals surface area contributed by atoms with Crippen molar-refractivity contribution in [2.24, 2.45) is 0 Å². The van der Waals surface area contributed by atoms with Crippen molar-refractivity contribution in [2.45, 2.75) is 6.42 Å². The molecule has 0 spiro atoms. The fourth-order valence-corrected chi connectivity index (χ4v) is 1.92. The van der Waals surface area contributed by atoms with Gasteiger partial charge in [-0.2, -0.15) is 0 Å². The van der Waals surface area contributed by atoms with Gasteiger partial charge in [0, 0.05) is 6.61 Å². The molecule has 3 N–H and O–H groups in total. The number of benzene rings is 2. The van der Waals surface area contributed by atoms with Crippen molar-refractivity contribution in [3.8, 4) is 11.5 Å². The summed E-state index contributed by atoms with van der Waals surface area (Å²) in [6.45, 7) is 0.0258. The van der Waals surface area contributed by atoms with Crippen LogP contribution in [0.5, 0.6) is 11.5 Å². The van der Waals surface area contributed by atoms with Gasteiger partial charge in [0.25, 0.3) is 0 Å². The molecule has 0 fully saturated rings. The van der Waals surface area contributed by atoms with Crippen LogP contribution in [0, 0.1) is 0 Å². The maximum atomic E-state index is 11.5. The first-order valence-electron chi connectivity index (χ1n) is 6.50. The van der Waals surface area contributed by atoms with Crippen LogP contribution in [0.15, 0.2) is 42.5 Å². The van der Waals surface area contributed by atoms with Crippen LogP contribution in [-0.4, -0.2) is 24.8 Å². The molecule has 0 saturated carbocycles. The largest absolute Gasteiger partial charge is 0.465 e. The van der Waals surface area contributed by atoms with Crippen molar-refractivity contribution >= 4 is 11.7 Å². The third-order valence-corrected chi connectivity index (χ3v) is 3.01. The number of nitrogens with two attached hydrogens (primary N) is 1. The molecule has 0 amide bonds. The third kappa shape index (κ3) is 3.52. The number of hydrogen-bond acceptors (Lipinski definition) is 5. The standard InChI is InChI=1S/C16H17NO4/c1-20-16(19)12-6-7-13(17)15(10-12)21-14-5-3-2-4-11(14)8-9-18/h2-7,10,18H,8-9,17H2,1H3. The van der Waals surface area contributed by atoms with Gasteiger partial charge in [-0.05, 0) is 36.2 Å². The Labute approximate surface area is 122 Å². The van der Waals surface area contributed by atoms with Crippen LogP contribution in [0.3, 0.4) is 0 Å². The lowest BCUT2D eigenvalue weighted by Crippen LogP contribution is -2.03. The Kier molecular flexibility index (Phi) is 4.79. The first-order valence-corrected chi connectivity index (χ1v) is 6.50. The fourth-order valence-electron chi connectivity index (χ4n) is 1.92. The highest BCUT2D eigenvalue weighted by Crippen LogP contribution is 2.31. The number of para-hydroxylation sites is 1. The van der Waals surface area contributed by atoms with Crippen molar-refractivity contribution in [1.29, 1.82) is 0 Å². The maximum Gasteiger partial charge on any atom is 0.337 e. The molecule has 0 saturated heterocycles. The predicted octanol–water partition coefficient (Wildman–Crippen LogP) is 2.38. The summed E-state index contributed by atoms with van der Waals surface area (Å²) in [4.78, 5) is 11.5. The molecule has 0 unspecified atom stereocenters. The summed E-state index contributed by atoms with van der Waals surface area (Å²) in [6, 6.07) is 12.1. The van der Waals surface area contributed by atoms with E-state index in [1.807, 2.05) is 18.2 Å². The van der Waals surface area contributed by atoms with E-state index in [4.69, 9.17) is 15.6 Å². The lowest BCUT2D eigenvalue weighted by molar-refractivity contribution is 0.0600. The van der Waals surface area contributed by atoms with E-state index in [-0.39, 0.29) is 6.61 Å². The van der Waals surface area contributed by atoms with Crippen LogP contribution in [0.1, 0.15) is 15.9 Å². The number of ether oxygens (including phenoxy) is 2. The van der Waals surface area contributed by atoms with Crippen molar-refractivity contribution in [1.82, 2.24) is 0 Å². The Morgan fingerprint density at radius 3 is 2.67 bits per heavy atom. The number of aliphatic hydroxyl groups is 1. The Bertz CT molecular complexity index is 640. The van der Waals surface area contributed by atoms with Gasteiger partial charge in [0.1, 0.15) is 5.75 Å². The molecule has 0 aliphatic carbocycles. The average molecular weight is 287 g/mol. The molecular weight excluding hydrogens is 270 g/mol. The van der Waals surface area contributed by atoms with Gasteiger partial charge in [0.15, 0.2) is 5.75 Å². The number of hydrogen-bond donors (Lipinski definition) is 2. The number of esters is 1. The normalized spacial score (nSPS) is 10.2. The van der Waals surface area contributed by atoms with Crippen LogP contribution in [0.2, 0.25) is 0 Å². The second kappa shape index (κ2) is 6.76. The van der Waals surface area contributed by atoms with E-state index >= 15 is 0 Å². The van der Waals surface area contributed by atoms with Gasteiger partial charge in [-0.1, -0.05) is 18.2 Å². The minimum Gasteiger partial charge on any atom is -0.465 e. The molecule has 0 aromatic heterocycles. The summed E-state index contributed by atoms with van der Waals surface area (Å²) < 4.78 is 10.5. The topological polar surface area (TPSA) is 81.8 Å². The van der Waals surface area contributed by atoms with E-state index < -0.39 is 5.97 Å². The summed E-state index contributed by atoms with van der Waals surface area (Å²) in [6.07, 6.45) is 0.479. The highest BCUT2D eigenvalue weighted by molar-refractivity contribution is 5.90. The monoisotopic (exact) mass is 287 g/mol. The van der Waals surface area contributed by atoms with Crippen LogP contribution in [0.4, 0.5) is 5.69 Å². The third-order valence-electron chi connectivity index (χ3n) is 3.01. The van der Waals surface area contributed by atoms with E-state index in [0.717, 1.165) is 5.56 Å². The minimum absolute atomic E-state index is 0.0258. The summed E-state index contributed by atoms with van der Waals surface area (Å²) in [5, 5.41) is 9.07. The molecule has 2 aromatic rings. The van der Waals surface area contributed by atoms with E-state index in [2.05, 4.69) is 4.74 Å². The second-order valence-corrected chi connectivity index (χ2v) is 4.43. The first kappa shape index (κ1) is 14.9. The van der Waals surface area contributed by atoms with Gasteiger partial charge in [0.05, 0.1) is 18.4 Å². The zero-order chi connectivity index (χ0) is 15.2. The molecule has 0 bridgehead atoms. The Morgan fingerprint density at radius 1 is 1.19 bits per heavy atom. The number of carbonyl (C=O) groups excluding carboxylic acids is 1. The van der Waals surface area contributed by atoms with Crippen LogP contribution in [-0.2, 0) is 11.2 Å². The summed E-state index contributed by atoms with van der Waals surface area (Å²) in [7, 11) is 1.32. The van der Waals surface area contributed by atoms with Crippen molar-refractivity contribution in [2.75, 3.05) is 19.5 Å². The molecule has 2 aromatic carbocycles. The first-order chi connectivity index (χ1) is 10.2. The number of nitrogen functional groups attached to an aromatic ring is 1. The number of rotatable bonds is 5. The van der Waals surface area contributed by atoms with Gasteiger partial charge in [-0.15, -0.1) is 0 Å². The number of methoxy groups -OCH3 is 1. The summed E-state index contributed by atoms with van der Waals surface area (Å²) in [5.41, 5.74) is 7.52. The van der Waals surface area contributed by atoms with Crippen molar-refractivity contribution in [3.63, 3.8) is 0 Å². The van der Waals surface area contributed by atoms with Crippen molar-refractivity contribution in [3.05, 3.63) is 53.6 Å². The van der Waals surface area contributed by atoms with E-state index in [1.165, 1.54) is 13.2 Å². The summed E-state index contributed by atoms with van der Waals surface area (Å²) in [5.74, 6) is 0.520. The Morgan fingerprint density at radius 2 is 1.95 bits per heavy atom. The van der Waals surface area contributed by atoms with Gasteiger partial charge in [-0.25, -0.2) is 4.79 Å². The second-order valence-electron chi connectivity index (χ2n) is 4.43. The lowest BCUT2D eigenvalue weighted by Gasteiger charge is -2.13. The molecule has 5 heteroatoms. The molecule has 0 heterocycles. The zero-order valence-electron chi connectivity index (χ0n) is 11.7. The molecular formula is C16H17NO4. The van der Waals surface area contributed by atoms with E-state index in [0.29, 0.717) is 29.2 Å². The average Bonchev–Trinajstić information content (AvgIpc) is 2.51. The molecule has 0 radical (unpaired) electrons. The molecule has 21 heavy (non-hydrogen) atoms. The highest BCUT2D eigenvalue weighted by atomic mass is 16.5. The number of aliphatic hydroxyl groups excluding tert-OH is 1. The van der Waals surface area contributed by atoms with Gasteiger partial charge in [0.2, 0.25) is 0 Å². The molecule has 0 aliphatic rings. The van der Waals surface area contributed by atoms with E-state index in [9.17, 15) is 4.79 Å². The van der Waals surface area contributed by atoms with Gasteiger partial charge < -0.3 is 20.3 Å². The molecule has 0 atom stereocenters. The predicted molar refractivity (Wildman–Crippen MR) is 79.5 cm³/mol. The Balaban J connectivity index is 2.33. The quantitative estimate of drug-likeness (QED) is 0.652. The summed E-state index contributed by atoms with van der Waals surface area (Å²) >= 11 is 0. The fraction of sp³-hybridized carbons (Fsp3) is 0.188. The lowest BCUT2D eigenvalue weighted by atomic mass is 10.1. The molecule has 0 aliphatic heterocycles. The Hall–Kier alpha value is -2.53. The van der Waals surface area contributed by atoms with Crippen LogP contribution < -0.4 is 10.5 Å². The number of carbonyl (C=O) groups is 1. The SMILES string of the molecule is COC(=O)c1ccc(N)c(Oc2ccccc2CCO)c1. The minimum atomic E-state index is -0.455. The number of anilines is 1. The maximum absolute atomic E-state index is 11.5. The smallest absolute Gasteiger partial charge is 0.337 e. The molecule has 2 rings (SSSR count). The van der Waals surface area contributed by atoms with E-state index in [1.54, 1.807) is 18.2 Å². The van der Waals surface area contributed by atoms with Gasteiger partial charge in [-0.3, -0.25) is 0 Å².